The molecule has 0 amide bonds. The molecule has 0 N–H and O–H groups in total. The van der Waals surface area contributed by atoms with E-state index < -0.39 is 0 Å². The number of benzene rings is 6. The fraction of sp³-hybridized carbons (Fsp3) is 0. The number of para-hydroxylation sites is 2. The molecule has 11 aromatic rings. The van der Waals surface area contributed by atoms with Crippen molar-refractivity contribution < 1.29 is 4.42 Å². The van der Waals surface area contributed by atoms with Crippen molar-refractivity contribution in [2.75, 3.05) is 0 Å². The first-order chi connectivity index (χ1) is 26.8. The average Bonchev–Trinajstić information content (AvgIpc) is 3.80. The Bertz CT molecular complexity index is 3090. The smallest absolute Gasteiger partial charge is 0.143 e. The number of hydrogen-bond acceptors (Lipinski definition) is 4. The number of hydrogen-bond donors (Lipinski definition) is 0. The zero-order valence-electron chi connectivity index (χ0n) is 29.0. The van der Waals surface area contributed by atoms with Crippen LogP contribution in [0.15, 0.2) is 187 Å². The van der Waals surface area contributed by atoms with Crippen LogP contribution in [0.2, 0.25) is 0 Å². The third-order valence-electron chi connectivity index (χ3n) is 10.5. The minimum Gasteiger partial charge on any atom is -0.455 e. The maximum Gasteiger partial charge on any atom is 0.143 e. The van der Waals surface area contributed by atoms with Gasteiger partial charge in [0.25, 0.3) is 0 Å². The topological polar surface area (TPSA) is 56.7 Å². The van der Waals surface area contributed by atoms with Gasteiger partial charge in [-0.3, -0.25) is 9.97 Å². The summed E-state index contributed by atoms with van der Waals surface area (Å²) in [5.74, 6) is 0. The van der Waals surface area contributed by atoms with Crippen LogP contribution in [0.4, 0.5) is 0 Å². The molecule has 0 fully saturated rings. The molecule has 11 rings (SSSR count). The van der Waals surface area contributed by atoms with Crippen molar-refractivity contribution in [1.82, 2.24) is 19.5 Å². The van der Waals surface area contributed by atoms with Crippen LogP contribution in [0, 0.1) is 0 Å². The quantitative estimate of drug-likeness (QED) is 0.180. The number of pyridine rings is 3. The zero-order chi connectivity index (χ0) is 35.6. The van der Waals surface area contributed by atoms with Crippen molar-refractivity contribution in [3.05, 3.63) is 182 Å². The van der Waals surface area contributed by atoms with Crippen LogP contribution in [-0.2, 0) is 0 Å². The van der Waals surface area contributed by atoms with Crippen molar-refractivity contribution >= 4 is 54.5 Å². The zero-order valence-corrected chi connectivity index (χ0v) is 29.0. The third kappa shape index (κ3) is 4.76. The summed E-state index contributed by atoms with van der Waals surface area (Å²) < 4.78 is 9.15. The molecule has 6 aromatic carbocycles. The van der Waals surface area contributed by atoms with Crippen LogP contribution in [0.5, 0.6) is 0 Å². The lowest BCUT2D eigenvalue weighted by molar-refractivity contribution is 0.672. The maximum atomic E-state index is 6.76. The Hall–Kier alpha value is -7.37. The van der Waals surface area contributed by atoms with Crippen LogP contribution in [0.1, 0.15) is 0 Å². The Balaban J connectivity index is 1.10. The molecule has 5 heteroatoms. The Kier molecular flexibility index (Phi) is 6.79. The lowest BCUT2D eigenvalue weighted by atomic mass is 9.93. The minimum absolute atomic E-state index is 0.806. The molecule has 0 spiro atoms. The van der Waals surface area contributed by atoms with Gasteiger partial charge in [0.05, 0.1) is 44.9 Å². The summed E-state index contributed by atoms with van der Waals surface area (Å²) in [5.41, 5.74) is 12.9. The van der Waals surface area contributed by atoms with Gasteiger partial charge in [0.2, 0.25) is 0 Å². The normalized spacial score (nSPS) is 11.7. The predicted octanol–water partition coefficient (Wildman–Crippen LogP) is 12.7. The maximum absolute atomic E-state index is 6.76. The predicted molar refractivity (Wildman–Crippen MR) is 221 cm³/mol. The molecule has 0 bridgehead atoms. The largest absolute Gasteiger partial charge is 0.455 e. The molecule has 0 aliphatic rings. The number of fused-ring (bicyclic) bond motifs is 8. The van der Waals surface area contributed by atoms with Gasteiger partial charge in [-0.1, -0.05) is 103 Å². The first-order valence-electron chi connectivity index (χ1n) is 18.1. The van der Waals surface area contributed by atoms with Gasteiger partial charge in [0.1, 0.15) is 11.2 Å². The van der Waals surface area contributed by atoms with Gasteiger partial charge in [-0.15, -0.1) is 0 Å². The van der Waals surface area contributed by atoms with Crippen molar-refractivity contribution in [1.29, 1.82) is 0 Å². The van der Waals surface area contributed by atoms with Crippen LogP contribution in [0.25, 0.3) is 105 Å². The molecule has 0 aliphatic carbocycles. The Morgan fingerprint density at radius 3 is 1.61 bits per heavy atom. The second-order valence-corrected chi connectivity index (χ2v) is 13.6. The summed E-state index contributed by atoms with van der Waals surface area (Å²) in [5, 5.41) is 6.90. The van der Waals surface area contributed by atoms with E-state index in [1.165, 1.54) is 21.8 Å². The fourth-order valence-corrected chi connectivity index (χ4v) is 8.07. The highest BCUT2D eigenvalue weighted by Gasteiger charge is 2.20. The molecular weight excluding hydrogens is 661 g/mol. The Labute approximate surface area is 310 Å². The lowest BCUT2D eigenvalue weighted by Crippen LogP contribution is -1.94. The van der Waals surface area contributed by atoms with Crippen molar-refractivity contribution in [3.63, 3.8) is 0 Å². The highest BCUT2D eigenvalue weighted by atomic mass is 16.3. The number of aromatic nitrogens is 4. The van der Waals surface area contributed by atoms with Gasteiger partial charge in [0, 0.05) is 33.9 Å². The van der Waals surface area contributed by atoms with Crippen molar-refractivity contribution in [2.45, 2.75) is 0 Å². The summed E-state index contributed by atoms with van der Waals surface area (Å²) >= 11 is 0. The van der Waals surface area contributed by atoms with E-state index >= 15 is 0 Å². The number of nitrogens with zero attached hydrogens (tertiary/aromatic N) is 4. The van der Waals surface area contributed by atoms with Gasteiger partial charge in [-0.25, -0.2) is 4.98 Å². The summed E-state index contributed by atoms with van der Waals surface area (Å²) in [4.78, 5) is 14.2. The first-order valence-corrected chi connectivity index (χ1v) is 18.1. The number of furan rings is 1. The van der Waals surface area contributed by atoms with E-state index in [1.54, 1.807) is 12.4 Å². The SMILES string of the molecule is c1ccc(-c2cc(-c3ccc(-c4cc5c(oc6cccc(-n7c8ccccc8c8ccccc87)c65)c5ccccc45)cc3)cc(-c3ccccn3)n2)nc1. The summed E-state index contributed by atoms with van der Waals surface area (Å²) in [6, 6.07) is 59.5. The molecule has 0 radical (unpaired) electrons. The molecule has 0 unspecified atom stereocenters. The summed E-state index contributed by atoms with van der Waals surface area (Å²) in [6.07, 6.45) is 3.60. The van der Waals surface area contributed by atoms with E-state index in [-0.39, 0.29) is 0 Å². The van der Waals surface area contributed by atoms with E-state index in [9.17, 15) is 0 Å². The monoisotopic (exact) mass is 690 g/mol. The second-order valence-electron chi connectivity index (χ2n) is 13.6. The van der Waals surface area contributed by atoms with Crippen molar-refractivity contribution in [3.8, 4) is 50.7 Å². The highest BCUT2D eigenvalue weighted by Crippen LogP contribution is 2.43. The molecular formula is C49H30N4O. The van der Waals surface area contributed by atoms with Crippen LogP contribution in [-0.4, -0.2) is 19.5 Å². The van der Waals surface area contributed by atoms with Gasteiger partial charge in [0.15, 0.2) is 0 Å². The van der Waals surface area contributed by atoms with Gasteiger partial charge >= 0.3 is 0 Å². The van der Waals surface area contributed by atoms with Crippen LogP contribution in [0.3, 0.4) is 0 Å². The van der Waals surface area contributed by atoms with Gasteiger partial charge in [-0.2, -0.15) is 0 Å². The molecule has 5 aromatic heterocycles. The van der Waals surface area contributed by atoms with E-state index in [2.05, 4.69) is 148 Å². The summed E-state index contributed by atoms with van der Waals surface area (Å²) in [6.45, 7) is 0. The standard InChI is InChI=1S/C49H30N4O/c1-2-15-37-34(12-1)38(32-24-22-31(23-25-32)33-28-42(40-16-7-9-26-50-40)52-43(29-33)41-17-8-10-27-51-41)30-39-48-46(20-11-21-47(48)54-49(37)39)53-44-18-5-3-13-35(44)36-14-4-6-19-45(36)53/h1-30H. The lowest BCUT2D eigenvalue weighted by Gasteiger charge is -2.12. The highest BCUT2D eigenvalue weighted by molar-refractivity contribution is 6.22. The summed E-state index contributed by atoms with van der Waals surface area (Å²) in [7, 11) is 0. The van der Waals surface area contributed by atoms with E-state index in [1.807, 2.05) is 36.4 Å². The minimum atomic E-state index is 0.806. The fourth-order valence-electron chi connectivity index (χ4n) is 8.07. The molecule has 0 saturated heterocycles. The molecule has 5 nitrogen and oxygen atoms in total. The molecule has 0 saturated carbocycles. The van der Waals surface area contributed by atoms with E-state index in [0.717, 1.165) is 83.4 Å². The molecule has 0 atom stereocenters. The van der Waals surface area contributed by atoms with E-state index in [0.29, 0.717) is 0 Å². The van der Waals surface area contributed by atoms with Gasteiger partial charge in [-0.05, 0) is 94.4 Å². The van der Waals surface area contributed by atoms with E-state index in [4.69, 9.17) is 9.40 Å². The molecule has 0 aliphatic heterocycles. The first kappa shape index (κ1) is 30.3. The van der Waals surface area contributed by atoms with Gasteiger partial charge < -0.3 is 8.98 Å². The molecule has 5 heterocycles. The molecule has 54 heavy (non-hydrogen) atoms. The number of rotatable bonds is 5. The second kappa shape index (κ2) is 12.1. The Morgan fingerprint density at radius 2 is 0.981 bits per heavy atom. The van der Waals surface area contributed by atoms with Crippen molar-refractivity contribution in [2.24, 2.45) is 0 Å². The third-order valence-corrected chi connectivity index (χ3v) is 10.5. The average molecular weight is 691 g/mol. The molecule has 252 valence electrons. The Morgan fingerprint density at radius 1 is 0.407 bits per heavy atom. The van der Waals surface area contributed by atoms with Crippen LogP contribution < -0.4 is 0 Å². The van der Waals surface area contributed by atoms with Crippen LogP contribution >= 0.6 is 0 Å².